The van der Waals surface area contributed by atoms with Gasteiger partial charge in [0.05, 0.1) is 37.2 Å². The molecule has 23 heavy (non-hydrogen) atoms. The highest BCUT2D eigenvalue weighted by molar-refractivity contribution is 5.95. The summed E-state index contributed by atoms with van der Waals surface area (Å²) in [6.45, 7) is 1.89. The van der Waals surface area contributed by atoms with E-state index in [1.54, 1.807) is 13.4 Å². The fraction of sp³-hybridized carbons (Fsp3) is 0.722. The average Bonchev–Trinajstić information content (AvgIpc) is 3.14. The Kier molecular flexibility index (Phi) is 4.16. The number of amides is 1. The first-order valence-electron chi connectivity index (χ1n) is 8.78. The number of ether oxygens (including phenoxy) is 2. The minimum atomic E-state index is 0.107. The van der Waals surface area contributed by atoms with E-state index in [-0.39, 0.29) is 18.1 Å². The molecule has 2 saturated carbocycles. The van der Waals surface area contributed by atoms with Gasteiger partial charge in [-0.2, -0.15) is 0 Å². The van der Waals surface area contributed by atoms with E-state index in [4.69, 9.17) is 13.9 Å². The van der Waals surface area contributed by atoms with Crippen LogP contribution in [0.1, 0.15) is 54.1 Å². The van der Waals surface area contributed by atoms with Crippen LogP contribution in [-0.2, 0) is 9.47 Å². The summed E-state index contributed by atoms with van der Waals surface area (Å²) < 4.78 is 17.0. The first kappa shape index (κ1) is 15.2. The molecule has 3 unspecified atom stereocenters. The highest BCUT2D eigenvalue weighted by Gasteiger charge is 2.42. The Morgan fingerprint density at radius 2 is 2.17 bits per heavy atom. The maximum absolute atomic E-state index is 13.1. The third kappa shape index (κ3) is 2.81. The lowest BCUT2D eigenvalue weighted by molar-refractivity contribution is -0.0461. The number of furan rings is 1. The molecule has 5 nitrogen and oxygen atoms in total. The van der Waals surface area contributed by atoms with Crippen molar-refractivity contribution < 1.29 is 18.7 Å². The molecule has 1 amide bonds. The fourth-order valence-corrected chi connectivity index (χ4v) is 4.23. The predicted octanol–water partition coefficient (Wildman–Crippen LogP) is 2.81. The molecule has 0 aromatic carbocycles. The molecule has 1 saturated heterocycles. The number of methoxy groups -OCH3 is 1. The number of carbonyl (C=O) groups is 1. The second-order valence-corrected chi connectivity index (χ2v) is 6.98. The lowest BCUT2D eigenvalue weighted by Gasteiger charge is -2.40. The van der Waals surface area contributed by atoms with Gasteiger partial charge in [0.2, 0.25) is 0 Å². The summed E-state index contributed by atoms with van der Waals surface area (Å²) >= 11 is 0. The van der Waals surface area contributed by atoms with Gasteiger partial charge in [-0.15, -0.1) is 0 Å². The number of nitrogens with zero attached hydrogens (tertiary/aromatic N) is 1. The van der Waals surface area contributed by atoms with Crippen LogP contribution in [0.3, 0.4) is 0 Å². The van der Waals surface area contributed by atoms with Crippen LogP contribution < -0.4 is 0 Å². The minimum Gasteiger partial charge on any atom is -0.468 e. The molecule has 2 aliphatic carbocycles. The van der Waals surface area contributed by atoms with E-state index in [1.165, 1.54) is 6.42 Å². The van der Waals surface area contributed by atoms with E-state index in [9.17, 15) is 4.79 Å². The van der Waals surface area contributed by atoms with Crippen molar-refractivity contribution in [3.63, 3.8) is 0 Å². The van der Waals surface area contributed by atoms with E-state index in [1.807, 2.05) is 11.0 Å². The summed E-state index contributed by atoms with van der Waals surface area (Å²) in [4.78, 5) is 15.2. The second kappa shape index (κ2) is 6.29. The summed E-state index contributed by atoms with van der Waals surface area (Å²) in [5.74, 6) is 1.81. The van der Waals surface area contributed by atoms with E-state index >= 15 is 0 Å². The van der Waals surface area contributed by atoms with Crippen LogP contribution in [-0.4, -0.2) is 49.8 Å². The molecule has 126 valence electrons. The van der Waals surface area contributed by atoms with Gasteiger partial charge in [0.25, 0.3) is 5.91 Å². The maximum Gasteiger partial charge on any atom is 0.257 e. The zero-order valence-corrected chi connectivity index (χ0v) is 13.7. The minimum absolute atomic E-state index is 0.107. The van der Waals surface area contributed by atoms with E-state index in [2.05, 4.69) is 0 Å². The van der Waals surface area contributed by atoms with Gasteiger partial charge in [-0.3, -0.25) is 4.79 Å². The topological polar surface area (TPSA) is 51.9 Å². The number of carbonyl (C=O) groups excluding carboxylic acids is 1. The van der Waals surface area contributed by atoms with Crippen LogP contribution in [0, 0.1) is 5.92 Å². The van der Waals surface area contributed by atoms with Crippen molar-refractivity contribution in [2.75, 3.05) is 26.9 Å². The lowest BCUT2D eigenvalue weighted by Crippen LogP contribution is -2.53. The summed E-state index contributed by atoms with van der Waals surface area (Å²) in [5.41, 5.74) is 0.756. The Morgan fingerprint density at radius 1 is 1.30 bits per heavy atom. The Morgan fingerprint density at radius 3 is 2.96 bits per heavy atom. The zero-order valence-electron chi connectivity index (χ0n) is 13.7. The molecule has 0 radical (unpaired) electrons. The Labute approximate surface area is 136 Å². The number of morpholine rings is 1. The van der Waals surface area contributed by atoms with Crippen molar-refractivity contribution in [1.82, 2.24) is 4.90 Å². The SMILES string of the molecule is COC1CCCC1C1COCCN1C(=O)c1ccoc1C1CC1. The zero-order chi connectivity index (χ0) is 15.8. The largest absolute Gasteiger partial charge is 0.468 e. The van der Waals surface area contributed by atoms with Gasteiger partial charge in [-0.1, -0.05) is 6.42 Å². The van der Waals surface area contributed by atoms with Crippen LogP contribution in [0.4, 0.5) is 0 Å². The molecule has 3 atom stereocenters. The van der Waals surface area contributed by atoms with Crippen molar-refractivity contribution in [3.8, 4) is 0 Å². The summed E-state index contributed by atoms with van der Waals surface area (Å²) in [6.07, 6.45) is 7.52. The van der Waals surface area contributed by atoms with Gasteiger partial charge >= 0.3 is 0 Å². The highest BCUT2D eigenvalue weighted by Crippen LogP contribution is 2.43. The maximum atomic E-state index is 13.1. The van der Waals surface area contributed by atoms with Gasteiger partial charge in [-0.25, -0.2) is 0 Å². The Bertz CT molecular complexity index is 565. The van der Waals surface area contributed by atoms with Gasteiger partial charge in [0, 0.05) is 25.5 Å². The average molecular weight is 319 g/mol. The molecular weight excluding hydrogens is 294 g/mol. The molecule has 2 heterocycles. The predicted molar refractivity (Wildman–Crippen MR) is 84.5 cm³/mol. The molecule has 1 aromatic rings. The van der Waals surface area contributed by atoms with Crippen molar-refractivity contribution in [2.24, 2.45) is 5.92 Å². The van der Waals surface area contributed by atoms with Crippen LogP contribution in [0.5, 0.6) is 0 Å². The quantitative estimate of drug-likeness (QED) is 0.856. The molecule has 4 rings (SSSR count). The normalized spacial score (nSPS) is 31.5. The molecule has 1 aliphatic heterocycles. The summed E-state index contributed by atoms with van der Waals surface area (Å²) in [6, 6.07) is 1.95. The molecular formula is C18H25NO4. The second-order valence-electron chi connectivity index (χ2n) is 6.98. The Balaban J connectivity index is 1.57. The van der Waals surface area contributed by atoms with Crippen molar-refractivity contribution in [2.45, 2.75) is 50.2 Å². The molecule has 0 N–H and O–H groups in total. The third-order valence-corrected chi connectivity index (χ3v) is 5.60. The lowest BCUT2D eigenvalue weighted by atomic mass is 9.93. The monoisotopic (exact) mass is 319 g/mol. The molecule has 3 fully saturated rings. The van der Waals surface area contributed by atoms with Gasteiger partial charge < -0.3 is 18.8 Å². The van der Waals surface area contributed by atoms with Crippen molar-refractivity contribution in [3.05, 3.63) is 23.7 Å². The van der Waals surface area contributed by atoms with Gasteiger partial charge in [0.15, 0.2) is 0 Å². The summed E-state index contributed by atoms with van der Waals surface area (Å²) in [7, 11) is 1.78. The third-order valence-electron chi connectivity index (χ3n) is 5.60. The van der Waals surface area contributed by atoms with Crippen molar-refractivity contribution >= 4 is 5.91 Å². The molecule has 0 bridgehead atoms. The van der Waals surface area contributed by atoms with Crippen LogP contribution >= 0.6 is 0 Å². The Hall–Kier alpha value is -1.33. The first-order chi connectivity index (χ1) is 11.3. The standard InChI is InChI=1S/C18H25NO4/c1-21-16-4-2-3-13(16)15-11-22-10-8-19(15)18(20)14-7-9-23-17(14)12-5-6-12/h7,9,12-13,15-16H,2-6,8,10-11H2,1H3. The molecule has 5 heteroatoms. The van der Waals surface area contributed by atoms with E-state index < -0.39 is 0 Å². The van der Waals surface area contributed by atoms with Crippen molar-refractivity contribution in [1.29, 1.82) is 0 Å². The van der Waals surface area contributed by atoms with Crippen LogP contribution in [0.25, 0.3) is 0 Å². The van der Waals surface area contributed by atoms with Crippen LogP contribution in [0.15, 0.2) is 16.7 Å². The molecule has 0 spiro atoms. The highest BCUT2D eigenvalue weighted by atomic mass is 16.5. The first-order valence-corrected chi connectivity index (χ1v) is 8.78. The number of rotatable bonds is 4. The molecule has 3 aliphatic rings. The van der Waals surface area contributed by atoms with Gasteiger partial charge in [-0.05, 0) is 31.7 Å². The fourth-order valence-electron chi connectivity index (χ4n) is 4.23. The van der Waals surface area contributed by atoms with E-state index in [0.29, 0.717) is 31.6 Å². The van der Waals surface area contributed by atoms with Gasteiger partial charge in [0.1, 0.15) is 5.76 Å². The van der Waals surface area contributed by atoms with Crippen LogP contribution in [0.2, 0.25) is 0 Å². The summed E-state index contributed by atoms with van der Waals surface area (Å²) in [5, 5.41) is 0. The number of hydrogen-bond acceptors (Lipinski definition) is 4. The molecule has 1 aromatic heterocycles. The smallest absolute Gasteiger partial charge is 0.257 e. The number of hydrogen-bond donors (Lipinski definition) is 0. The van der Waals surface area contributed by atoms with E-state index in [0.717, 1.165) is 37.0 Å².